The topological polar surface area (TPSA) is 65.2 Å². The number of carbonyl (C=O) groups excluding carboxylic acids is 1. The molecule has 0 bridgehead atoms. The standard InChI is InChI=1S/C21H34F3N5O/c1-6-18(17(5)25)10-9-16(4)27-11-13-28(14-12-27)20(30)15-29(8-3)26-19(7-2)21(22,23)24/h9-10H,4,6-8,11-15,25H2,1-3,5H3/b10-9-,18-17+,26-19+. The zero-order chi connectivity index (χ0) is 22.9. The summed E-state index contributed by atoms with van der Waals surface area (Å²) in [6.07, 6.45) is -0.0120. The summed E-state index contributed by atoms with van der Waals surface area (Å²) in [5.41, 5.74) is 7.63. The number of nitrogens with zero attached hydrogens (tertiary/aromatic N) is 4. The van der Waals surface area contributed by atoms with Crippen LogP contribution in [0.3, 0.4) is 0 Å². The van der Waals surface area contributed by atoms with Crippen LogP contribution >= 0.6 is 0 Å². The smallest absolute Gasteiger partial charge is 0.402 e. The van der Waals surface area contributed by atoms with E-state index in [0.29, 0.717) is 26.2 Å². The molecule has 0 aromatic heterocycles. The highest BCUT2D eigenvalue weighted by Crippen LogP contribution is 2.20. The van der Waals surface area contributed by atoms with E-state index >= 15 is 0 Å². The van der Waals surface area contributed by atoms with Gasteiger partial charge in [0.15, 0.2) is 0 Å². The largest absolute Gasteiger partial charge is 0.431 e. The Morgan fingerprint density at radius 3 is 2.10 bits per heavy atom. The minimum atomic E-state index is -4.49. The minimum Gasteiger partial charge on any atom is -0.402 e. The van der Waals surface area contributed by atoms with Gasteiger partial charge in [-0.2, -0.15) is 18.3 Å². The summed E-state index contributed by atoms with van der Waals surface area (Å²) in [6.45, 7) is 13.3. The van der Waals surface area contributed by atoms with Crippen LogP contribution in [0.2, 0.25) is 0 Å². The molecule has 2 N–H and O–H groups in total. The zero-order valence-corrected chi connectivity index (χ0v) is 18.4. The molecule has 0 unspecified atom stereocenters. The summed E-state index contributed by atoms with van der Waals surface area (Å²) in [5.74, 6) is -0.228. The van der Waals surface area contributed by atoms with Gasteiger partial charge in [-0.1, -0.05) is 26.5 Å². The van der Waals surface area contributed by atoms with Crippen molar-refractivity contribution in [2.45, 2.75) is 46.7 Å². The number of halogens is 3. The Balaban J connectivity index is 2.65. The molecule has 1 aliphatic heterocycles. The third-order valence-corrected chi connectivity index (χ3v) is 5.01. The summed E-state index contributed by atoms with van der Waals surface area (Å²) in [5, 5.41) is 4.83. The van der Waals surface area contributed by atoms with Crippen LogP contribution in [0.15, 0.2) is 40.8 Å². The highest BCUT2D eigenvalue weighted by Gasteiger charge is 2.35. The molecule has 1 fully saturated rings. The Bertz CT molecular complexity index is 685. The SMILES string of the molecule is C=C(/C=C\C(CC)=C(/C)N)N1CCN(C(=O)CN(CC)/N=C(\CC)C(F)(F)F)CC1. The molecule has 0 radical (unpaired) electrons. The molecule has 170 valence electrons. The highest BCUT2D eigenvalue weighted by molar-refractivity contribution is 5.89. The third kappa shape index (κ3) is 7.76. The first kappa shape index (κ1) is 25.6. The first-order valence-corrected chi connectivity index (χ1v) is 10.3. The van der Waals surface area contributed by atoms with Crippen molar-refractivity contribution in [2.24, 2.45) is 10.8 Å². The van der Waals surface area contributed by atoms with Crippen LogP contribution in [0.5, 0.6) is 0 Å². The molecule has 0 atom stereocenters. The fourth-order valence-electron chi connectivity index (χ4n) is 3.05. The van der Waals surface area contributed by atoms with Crippen molar-refractivity contribution in [2.75, 3.05) is 39.3 Å². The fourth-order valence-corrected chi connectivity index (χ4v) is 3.05. The summed E-state index contributed by atoms with van der Waals surface area (Å²) in [7, 11) is 0. The average molecular weight is 430 g/mol. The van der Waals surface area contributed by atoms with E-state index < -0.39 is 11.9 Å². The van der Waals surface area contributed by atoms with E-state index in [2.05, 4.69) is 16.6 Å². The van der Waals surface area contributed by atoms with Crippen LogP contribution in [-0.2, 0) is 4.79 Å². The Morgan fingerprint density at radius 1 is 1.10 bits per heavy atom. The molecular formula is C21H34F3N5O. The Kier molecular flexibility index (Phi) is 9.95. The first-order valence-electron chi connectivity index (χ1n) is 10.3. The molecular weight excluding hydrogens is 395 g/mol. The van der Waals surface area contributed by atoms with Crippen molar-refractivity contribution >= 4 is 11.6 Å². The van der Waals surface area contributed by atoms with Gasteiger partial charge in [0.2, 0.25) is 5.91 Å². The molecule has 1 aliphatic rings. The van der Waals surface area contributed by atoms with E-state index in [1.54, 1.807) is 11.8 Å². The van der Waals surface area contributed by atoms with Gasteiger partial charge in [-0.15, -0.1) is 0 Å². The lowest BCUT2D eigenvalue weighted by Gasteiger charge is -2.37. The third-order valence-electron chi connectivity index (χ3n) is 5.01. The number of amides is 1. The molecule has 30 heavy (non-hydrogen) atoms. The van der Waals surface area contributed by atoms with Gasteiger partial charge in [-0.05, 0) is 38.3 Å². The average Bonchev–Trinajstić information content (AvgIpc) is 2.70. The van der Waals surface area contributed by atoms with Crippen molar-refractivity contribution in [1.29, 1.82) is 0 Å². The van der Waals surface area contributed by atoms with Crippen LogP contribution in [0.4, 0.5) is 13.2 Å². The summed E-state index contributed by atoms with van der Waals surface area (Å²) >= 11 is 0. The van der Waals surface area contributed by atoms with Gasteiger partial charge in [0.05, 0.1) is 0 Å². The molecule has 0 aromatic carbocycles. The summed E-state index contributed by atoms with van der Waals surface area (Å²) < 4.78 is 38.8. The minimum absolute atomic E-state index is 0.169. The number of piperazine rings is 1. The second kappa shape index (κ2) is 11.7. The van der Waals surface area contributed by atoms with Gasteiger partial charge < -0.3 is 15.5 Å². The lowest BCUT2D eigenvalue weighted by atomic mass is 10.1. The normalized spacial score (nSPS) is 16.7. The predicted molar refractivity (Wildman–Crippen MR) is 115 cm³/mol. The number of hydrazone groups is 1. The number of alkyl halides is 3. The Labute approximate surface area is 177 Å². The molecule has 1 amide bonds. The monoisotopic (exact) mass is 429 g/mol. The predicted octanol–water partition coefficient (Wildman–Crippen LogP) is 3.49. The number of nitrogens with two attached hydrogens (primary N) is 1. The number of hydrogen-bond donors (Lipinski definition) is 1. The molecule has 0 spiro atoms. The maximum atomic E-state index is 12.9. The summed E-state index contributed by atoms with van der Waals surface area (Å²) in [6, 6.07) is 0. The molecule has 9 heteroatoms. The quantitative estimate of drug-likeness (QED) is 0.346. The number of rotatable bonds is 9. The number of carbonyl (C=O) groups is 1. The van der Waals surface area contributed by atoms with Gasteiger partial charge >= 0.3 is 6.18 Å². The highest BCUT2D eigenvalue weighted by atomic mass is 19.4. The van der Waals surface area contributed by atoms with E-state index in [1.807, 2.05) is 26.0 Å². The molecule has 1 saturated heterocycles. The van der Waals surface area contributed by atoms with E-state index in [9.17, 15) is 18.0 Å². The zero-order valence-electron chi connectivity index (χ0n) is 18.4. The van der Waals surface area contributed by atoms with Crippen molar-refractivity contribution in [1.82, 2.24) is 14.8 Å². The van der Waals surface area contributed by atoms with E-state index in [0.717, 1.165) is 23.4 Å². The molecule has 0 saturated carbocycles. The van der Waals surface area contributed by atoms with E-state index in [1.165, 1.54) is 11.9 Å². The van der Waals surface area contributed by atoms with E-state index in [4.69, 9.17) is 5.73 Å². The number of likely N-dealkylation sites (N-methyl/N-ethyl adjacent to an activating group) is 1. The van der Waals surface area contributed by atoms with Crippen LogP contribution in [0, 0.1) is 0 Å². The molecule has 0 aliphatic carbocycles. The van der Waals surface area contributed by atoms with Crippen molar-refractivity contribution in [3.8, 4) is 0 Å². The van der Waals surface area contributed by atoms with Gasteiger partial charge in [-0.25, -0.2) is 0 Å². The van der Waals surface area contributed by atoms with Crippen molar-refractivity contribution < 1.29 is 18.0 Å². The van der Waals surface area contributed by atoms with Gasteiger partial charge in [-0.3, -0.25) is 9.80 Å². The van der Waals surface area contributed by atoms with Gasteiger partial charge in [0.1, 0.15) is 12.3 Å². The Hall–Kier alpha value is -2.45. The molecule has 1 rings (SSSR count). The first-order chi connectivity index (χ1) is 14.0. The van der Waals surface area contributed by atoms with Crippen LogP contribution in [-0.4, -0.2) is 71.9 Å². The van der Waals surface area contributed by atoms with Crippen LogP contribution < -0.4 is 5.73 Å². The van der Waals surface area contributed by atoms with Gasteiger partial charge in [0, 0.05) is 44.1 Å². The lowest BCUT2D eigenvalue weighted by molar-refractivity contribution is -0.134. The van der Waals surface area contributed by atoms with Gasteiger partial charge in [0.25, 0.3) is 0 Å². The summed E-state index contributed by atoms with van der Waals surface area (Å²) in [4.78, 5) is 16.3. The molecule has 0 aromatic rings. The number of hydrogen-bond acceptors (Lipinski definition) is 5. The molecule has 6 nitrogen and oxygen atoms in total. The molecule has 1 heterocycles. The maximum Gasteiger partial charge on any atom is 0.431 e. The number of allylic oxidation sites excluding steroid dienone is 4. The Morgan fingerprint density at radius 2 is 1.67 bits per heavy atom. The van der Waals surface area contributed by atoms with Crippen LogP contribution in [0.25, 0.3) is 0 Å². The van der Waals surface area contributed by atoms with Crippen molar-refractivity contribution in [3.63, 3.8) is 0 Å². The van der Waals surface area contributed by atoms with Crippen molar-refractivity contribution in [3.05, 3.63) is 35.7 Å². The second-order valence-corrected chi connectivity index (χ2v) is 7.13. The maximum absolute atomic E-state index is 12.9. The fraction of sp³-hybridized carbons (Fsp3) is 0.619. The second-order valence-electron chi connectivity index (χ2n) is 7.13. The van der Waals surface area contributed by atoms with E-state index in [-0.39, 0.29) is 25.4 Å². The van der Waals surface area contributed by atoms with Crippen LogP contribution in [0.1, 0.15) is 40.5 Å². The lowest BCUT2D eigenvalue weighted by Crippen LogP contribution is -2.50.